The molecule has 1 N–H and O–H groups in total. The number of carbonyl (C=O) groups excluding carboxylic acids is 2. The molecule has 0 heterocycles. The van der Waals surface area contributed by atoms with Crippen molar-refractivity contribution in [1.82, 2.24) is 10.4 Å². The third-order valence-corrected chi connectivity index (χ3v) is 5.70. The molecule has 172 valence electrons. The maximum Gasteiger partial charge on any atom is 0.312 e. The summed E-state index contributed by atoms with van der Waals surface area (Å²) in [5.74, 6) is -0.232. The normalized spacial score (nSPS) is 16.7. The highest BCUT2D eigenvalue weighted by molar-refractivity contribution is 5.80. The lowest BCUT2D eigenvalue weighted by Crippen LogP contribution is -2.67. The van der Waals surface area contributed by atoms with Gasteiger partial charge in [0.25, 0.3) is 0 Å². The molecule has 1 amide bonds. The van der Waals surface area contributed by atoms with E-state index in [1.54, 1.807) is 5.01 Å². The number of hydrogen-bond donors (Lipinski definition) is 1. The smallest absolute Gasteiger partial charge is 0.312 e. The number of allylic oxidation sites excluding steroid dienone is 1. The second-order valence-electron chi connectivity index (χ2n) is 9.93. The molecule has 1 aliphatic rings. The van der Waals surface area contributed by atoms with Crippen LogP contribution in [0.5, 0.6) is 0 Å². The second kappa shape index (κ2) is 10.9. The molecule has 31 heavy (non-hydrogen) atoms. The Labute approximate surface area is 188 Å². The molecule has 0 saturated heterocycles. The van der Waals surface area contributed by atoms with E-state index in [0.717, 1.165) is 24.8 Å². The van der Waals surface area contributed by atoms with Gasteiger partial charge in [-0.05, 0) is 57.9 Å². The topological polar surface area (TPSA) is 58.6 Å². The molecule has 5 nitrogen and oxygen atoms in total. The number of esters is 1. The van der Waals surface area contributed by atoms with Crippen LogP contribution in [0.15, 0.2) is 36.4 Å². The van der Waals surface area contributed by atoms with Gasteiger partial charge < -0.3 is 4.74 Å². The van der Waals surface area contributed by atoms with Crippen LogP contribution in [0.2, 0.25) is 0 Å². The highest BCUT2D eigenvalue weighted by Crippen LogP contribution is 2.46. The SMILES string of the molecule is CCC(=O)N(NCC(C)C)C1([C@H](C/C=C/c2ccccc2)C(=O)OC(C)(C)C)CCC1. The lowest BCUT2D eigenvalue weighted by atomic mass is 9.66. The Hall–Kier alpha value is -2.14. The first-order valence-electron chi connectivity index (χ1n) is 11.6. The van der Waals surface area contributed by atoms with Crippen LogP contribution in [0.25, 0.3) is 6.08 Å². The lowest BCUT2D eigenvalue weighted by molar-refractivity contribution is -0.177. The number of carbonyl (C=O) groups is 2. The van der Waals surface area contributed by atoms with Crippen LogP contribution in [0.4, 0.5) is 0 Å². The highest BCUT2D eigenvalue weighted by atomic mass is 16.6. The van der Waals surface area contributed by atoms with Crippen LogP contribution in [-0.2, 0) is 14.3 Å². The average molecular weight is 429 g/mol. The fourth-order valence-electron chi connectivity index (χ4n) is 4.01. The molecule has 5 heteroatoms. The lowest BCUT2D eigenvalue weighted by Gasteiger charge is -2.53. The van der Waals surface area contributed by atoms with E-state index in [0.29, 0.717) is 25.3 Å². The summed E-state index contributed by atoms with van der Waals surface area (Å²) in [6.45, 7) is 12.5. The minimum absolute atomic E-state index is 0.0287. The number of ether oxygens (including phenoxy) is 1. The van der Waals surface area contributed by atoms with E-state index in [9.17, 15) is 9.59 Å². The number of nitrogens with zero attached hydrogens (tertiary/aromatic N) is 1. The summed E-state index contributed by atoms with van der Waals surface area (Å²) in [4.78, 5) is 26.3. The standard InChI is InChI=1S/C26H40N2O3/c1-7-23(29)28(27-19-20(2)3)26(17-12-18-26)22(24(30)31-25(4,5)6)16-11-15-21-13-9-8-10-14-21/h8-11,13-15,20,22,27H,7,12,16-19H2,1-6H3/b15-11+/t22-/m1/s1. The zero-order valence-corrected chi connectivity index (χ0v) is 20.1. The fraction of sp³-hybridized carbons (Fsp3) is 0.615. The van der Waals surface area contributed by atoms with Gasteiger partial charge in [-0.2, -0.15) is 0 Å². The van der Waals surface area contributed by atoms with Crippen LogP contribution in [0.3, 0.4) is 0 Å². The fourth-order valence-corrected chi connectivity index (χ4v) is 4.01. The maximum atomic E-state index is 13.4. The Morgan fingerprint density at radius 3 is 2.32 bits per heavy atom. The maximum absolute atomic E-state index is 13.4. The first-order valence-corrected chi connectivity index (χ1v) is 11.6. The van der Waals surface area contributed by atoms with Gasteiger partial charge in [0.05, 0.1) is 11.5 Å². The van der Waals surface area contributed by atoms with Gasteiger partial charge in [0.15, 0.2) is 0 Å². The minimum atomic E-state index is -0.575. The van der Waals surface area contributed by atoms with Gasteiger partial charge in [-0.25, -0.2) is 5.43 Å². The molecule has 0 unspecified atom stereocenters. The number of nitrogens with one attached hydrogen (secondary N) is 1. The number of rotatable bonds is 10. The van der Waals surface area contributed by atoms with E-state index in [1.807, 2.05) is 70.2 Å². The largest absolute Gasteiger partial charge is 0.460 e. The van der Waals surface area contributed by atoms with Crippen molar-refractivity contribution in [2.75, 3.05) is 6.54 Å². The van der Waals surface area contributed by atoms with Crippen LogP contribution in [-0.4, -0.2) is 34.6 Å². The number of benzene rings is 1. The number of hydrogen-bond acceptors (Lipinski definition) is 4. The van der Waals surface area contributed by atoms with Gasteiger partial charge >= 0.3 is 5.97 Å². The van der Waals surface area contributed by atoms with E-state index in [-0.39, 0.29) is 11.9 Å². The van der Waals surface area contributed by atoms with Crippen LogP contribution >= 0.6 is 0 Å². The summed E-state index contributed by atoms with van der Waals surface area (Å²) in [6, 6.07) is 10.1. The molecule has 2 rings (SSSR count). The third kappa shape index (κ3) is 6.93. The van der Waals surface area contributed by atoms with Gasteiger partial charge in [0.2, 0.25) is 5.91 Å². The molecule has 0 aromatic heterocycles. The Morgan fingerprint density at radius 2 is 1.84 bits per heavy atom. The molecule has 1 aromatic rings. The first kappa shape index (κ1) is 25.1. The van der Waals surface area contributed by atoms with E-state index >= 15 is 0 Å². The quantitative estimate of drug-likeness (QED) is 0.402. The molecule has 0 bridgehead atoms. The first-order chi connectivity index (χ1) is 14.6. The summed E-state index contributed by atoms with van der Waals surface area (Å²) in [7, 11) is 0. The zero-order valence-electron chi connectivity index (χ0n) is 20.1. The zero-order chi connectivity index (χ0) is 23.1. The number of hydrazine groups is 1. The second-order valence-corrected chi connectivity index (χ2v) is 9.93. The van der Waals surface area contributed by atoms with Gasteiger partial charge in [0, 0.05) is 13.0 Å². The van der Waals surface area contributed by atoms with Crippen molar-refractivity contribution in [1.29, 1.82) is 0 Å². The van der Waals surface area contributed by atoms with Gasteiger partial charge in [0.1, 0.15) is 5.60 Å². The van der Waals surface area contributed by atoms with E-state index < -0.39 is 17.1 Å². The Bertz CT molecular complexity index is 746. The van der Waals surface area contributed by atoms with Gasteiger partial charge in [-0.15, -0.1) is 0 Å². The summed E-state index contributed by atoms with van der Waals surface area (Å²) in [5, 5.41) is 1.78. The van der Waals surface area contributed by atoms with E-state index in [4.69, 9.17) is 4.74 Å². The minimum Gasteiger partial charge on any atom is -0.460 e. The van der Waals surface area contributed by atoms with Crippen LogP contribution in [0.1, 0.15) is 79.2 Å². The molecule has 1 atom stereocenters. The summed E-state index contributed by atoms with van der Waals surface area (Å²) < 4.78 is 5.84. The molecular weight excluding hydrogens is 388 g/mol. The molecule has 1 aliphatic carbocycles. The molecule has 1 aromatic carbocycles. The molecule has 1 saturated carbocycles. The van der Waals surface area contributed by atoms with Crippen molar-refractivity contribution in [3.8, 4) is 0 Å². The Balaban J connectivity index is 2.36. The van der Waals surface area contributed by atoms with Crippen molar-refractivity contribution < 1.29 is 14.3 Å². The van der Waals surface area contributed by atoms with E-state index in [2.05, 4.69) is 19.3 Å². The van der Waals surface area contributed by atoms with Crippen molar-refractivity contribution in [3.63, 3.8) is 0 Å². The van der Waals surface area contributed by atoms with Crippen molar-refractivity contribution in [3.05, 3.63) is 42.0 Å². The summed E-state index contributed by atoms with van der Waals surface area (Å²) >= 11 is 0. The molecule has 0 radical (unpaired) electrons. The van der Waals surface area contributed by atoms with Crippen LogP contribution in [0, 0.1) is 11.8 Å². The van der Waals surface area contributed by atoms with E-state index in [1.165, 1.54) is 0 Å². The predicted octanol–water partition coefficient (Wildman–Crippen LogP) is 5.37. The summed E-state index contributed by atoms with van der Waals surface area (Å²) in [5.41, 5.74) is 3.34. The molecule has 0 spiro atoms. The Kier molecular flexibility index (Phi) is 8.87. The molecule has 0 aliphatic heterocycles. The summed E-state index contributed by atoms with van der Waals surface area (Å²) in [6.07, 6.45) is 7.60. The van der Waals surface area contributed by atoms with Crippen molar-refractivity contribution >= 4 is 18.0 Å². The third-order valence-electron chi connectivity index (χ3n) is 5.70. The molecule has 1 fully saturated rings. The highest BCUT2D eigenvalue weighted by Gasteiger charge is 2.54. The number of amides is 1. The molecular formula is C26H40N2O3. The predicted molar refractivity (Wildman–Crippen MR) is 126 cm³/mol. The van der Waals surface area contributed by atoms with Gasteiger partial charge in [-0.1, -0.05) is 63.3 Å². The van der Waals surface area contributed by atoms with Crippen LogP contribution < -0.4 is 5.43 Å². The average Bonchev–Trinajstić information content (AvgIpc) is 2.66. The Morgan fingerprint density at radius 1 is 1.19 bits per heavy atom. The monoisotopic (exact) mass is 428 g/mol. The van der Waals surface area contributed by atoms with Crippen molar-refractivity contribution in [2.45, 2.75) is 84.8 Å². The van der Waals surface area contributed by atoms with Gasteiger partial charge in [-0.3, -0.25) is 14.6 Å². The van der Waals surface area contributed by atoms with Crippen molar-refractivity contribution in [2.24, 2.45) is 11.8 Å².